The van der Waals surface area contributed by atoms with Gasteiger partial charge in [-0.15, -0.1) is 6.58 Å². The highest BCUT2D eigenvalue weighted by Crippen LogP contribution is 2.18. The van der Waals surface area contributed by atoms with E-state index in [1.807, 2.05) is 0 Å². The molecule has 0 saturated heterocycles. The Morgan fingerprint density at radius 1 is 1.61 bits per heavy atom. The number of aryl methyl sites for hydroxylation is 1. The standard InChI is InChI=1S/C13H17FN2O2/c1-3-4-16(5-6-17)13(18)11-8-10(15)7-9(2)12(11)14/h3,7-8,17H,1,4-6,15H2,2H3. The average Bonchev–Trinajstić information content (AvgIpc) is 2.32. The van der Waals surface area contributed by atoms with Crippen molar-refractivity contribution in [3.05, 3.63) is 41.7 Å². The van der Waals surface area contributed by atoms with E-state index in [4.69, 9.17) is 10.8 Å². The van der Waals surface area contributed by atoms with Crippen LogP contribution in [0.5, 0.6) is 0 Å². The number of benzene rings is 1. The third kappa shape index (κ3) is 3.07. The molecule has 18 heavy (non-hydrogen) atoms. The Balaban J connectivity index is 3.11. The lowest BCUT2D eigenvalue weighted by Crippen LogP contribution is -2.34. The zero-order valence-electron chi connectivity index (χ0n) is 10.3. The summed E-state index contributed by atoms with van der Waals surface area (Å²) in [6.07, 6.45) is 1.52. The maximum absolute atomic E-state index is 13.9. The van der Waals surface area contributed by atoms with Gasteiger partial charge in [0.1, 0.15) is 5.82 Å². The van der Waals surface area contributed by atoms with Gasteiger partial charge in [0.15, 0.2) is 0 Å². The Labute approximate surface area is 106 Å². The normalized spacial score (nSPS) is 10.2. The molecule has 0 atom stereocenters. The molecule has 1 aromatic carbocycles. The van der Waals surface area contributed by atoms with E-state index in [0.717, 1.165) is 0 Å². The van der Waals surface area contributed by atoms with Crippen LogP contribution in [0.3, 0.4) is 0 Å². The summed E-state index contributed by atoms with van der Waals surface area (Å²) in [6, 6.07) is 2.77. The zero-order chi connectivity index (χ0) is 13.7. The first-order valence-corrected chi connectivity index (χ1v) is 5.58. The van der Waals surface area contributed by atoms with Crippen molar-refractivity contribution in [3.63, 3.8) is 0 Å². The molecule has 4 nitrogen and oxygen atoms in total. The van der Waals surface area contributed by atoms with Crippen molar-refractivity contribution in [1.29, 1.82) is 0 Å². The predicted molar refractivity (Wildman–Crippen MR) is 68.7 cm³/mol. The summed E-state index contributed by atoms with van der Waals surface area (Å²) in [4.78, 5) is 13.4. The van der Waals surface area contributed by atoms with Crippen molar-refractivity contribution in [2.75, 3.05) is 25.4 Å². The number of aliphatic hydroxyl groups excluding tert-OH is 1. The number of nitrogen functional groups attached to an aromatic ring is 1. The van der Waals surface area contributed by atoms with Gasteiger partial charge >= 0.3 is 0 Å². The fourth-order valence-electron chi connectivity index (χ4n) is 1.68. The zero-order valence-corrected chi connectivity index (χ0v) is 10.3. The molecule has 0 fully saturated rings. The summed E-state index contributed by atoms with van der Waals surface area (Å²) in [6.45, 7) is 5.24. The van der Waals surface area contributed by atoms with Crippen LogP contribution < -0.4 is 5.73 Å². The van der Waals surface area contributed by atoms with E-state index in [0.29, 0.717) is 11.3 Å². The smallest absolute Gasteiger partial charge is 0.257 e. The SMILES string of the molecule is C=CCN(CCO)C(=O)c1cc(N)cc(C)c1F. The van der Waals surface area contributed by atoms with Crippen molar-refractivity contribution in [2.45, 2.75) is 6.92 Å². The molecule has 0 radical (unpaired) electrons. The number of carbonyl (C=O) groups is 1. The lowest BCUT2D eigenvalue weighted by Gasteiger charge is -2.20. The summed E-state index contributed by atoms with van der Waals surface area (Å²) in [5.41, 5.74) is 6.18. The molecule has 0 aliphatic carbocycles. The Kier molecular flexibility index (Phi) is 4.85. The summed E-state index contributed by atoms with van der Waals surface area (Å²) in [7, 11) is 0. The molecular formula is C13H17FN2O2. The van der Waals surface area contributed by atoms with Crippen molar-refractivity contribution >= 4 is 11.6 Å². The molecule has 0 unspecified atom stereocenters. The number of hydrogen-bond donors (Lipinski definition) is 2. The molecule has 0 aromatic heterocycles. The van der Waals surface area contributed by atoms with Crippen LogP contribution in [-0.2, 0) is 0 Å². The number of nitrogens with two attached hydrogens (primary N) is 1. The molecule has 1 amide bonds. The van der Waals surface area contributed by atoms with E-state index < -0.39 is 11.7 Å². The summed E-state index contributed by atoms with van der Waals surface area (Å²) in [5.74, 6) is -1.09. The van der Waals surface area contributed by atoms with Crippen molar-refractivity contribution in [1.82, 2.24) is 4.90 Å². The minimum Gasteiger partial charge on any atom is -0.399 e. The molecule has 0 saturated carbocycles. The van der Waals surface area contributed by atoms with Crippen LogP contribution in [0.2, 0.25) is 0 Å². The van der Waals surface area contributed by atoms with Gasteiger partial charge in [-0.1, -0.05) is 6.08 Å². The maximum atomic E-state index is 13.9. The number of anilines is 1. The summed E-state index contributed by atoms with van der Waals surface area (Å²) in [5, 5.41) is 8.89. The van der Waals surface area contributed by atoms with Crippen LogP contribution in [0.25, 0.3) is 0 Å². The Hall–Kier alpha value is -1.88. The molecular weight excluding hydrogens is 235 g/mol. The summed E-state index contributed by atoms with van der Waals surface area (Å²) >= 11 is 0. The van der Waals surface area contributed by atoms with Crippen LogP contribution in [0.15, 0.2) is 24.8 Å². The quantitative estimate of drug-likeness (QED) is 0.614. The average molecular weight is 252 g/mol. The van der Waals surface area contributed by atoms with Gasteiger partial charge in [-0.05, 0) is 24.6 Å². The van der Waals surface area contributed by atoms with Gasteiger partial charge in [-0.3, -0.25) is 4.79 Å². The van der Waals surface area contributed by atoms with Crippen LogP contribution in [0.1, 0.15) is 15.9 Å². The van der Waals surface area contributed by atoms with Crippen molar-refractivity contribution in [3.8, 4) is 0 Å². The predicted octanol–water partition coefficient (Wildman–Crippen LogP) is 1.34. The number of amides is 1. The highest BCUT2D eigenvalue weighted by Gasteiger charge is 2.19. The molecule has 0 spiro atoms. The highest BCUT2D eigenvalue weighted by molar-refractivity contribution is 5.95. The van der Waals surface area contributed by atoms with E-state index in [9.17, 15) is 9.18 Å². The van der Waals surface area contributed by atoms with Gasteiger partial charge in [0.25, 0.3) is 5.91 Å². The van der Waals surface area contributed by atoms with Gasteiger partial charge in [0.05, 0.1) is 12.2 Å². The second kappa shape index (κ2) is 6.16. The fraction of sp³-hybridized carbons (Fsp3) is 0.308. The maximum Gasteiger partial charge on any atom is 0.257 e. The van der Waals surface area contributed by atoms with Crippen molar-refractivity contribution in [2.24, 2.45) is 0 Å². The van der Waals surface area contributed by atoms with E-state index in [2.05, 4.69) is 6.58 Å². The third-order valence-electron chi connectivity index (χ3n) is 2.51. The lowest BCUT2D eigenvalue weighted by atomic mass is 10.1. The van der Waals surface area contributed by atoms with Crippen LogP contribution in [0, 0.1) is 12.7 Å². The first-order valence-electron chi connectivity index (χ1n) is 5.58. The Morgan fingerprint density at radius 3 is 2.83 bits per heavy atom. The molecule has 0 heterocycles. The molecule has 1 aromatic rings. The highest BCUT2D eigenvalue weighted by atomic mass is 19.1. The minimum absolute atomic E-state index is 0.0807. The second-order valence-electron chi connectivity index (χ2n) is 3.96. The van der Waals surface area contributed by atoms with Gasteiger partial charge in [0.2, 0.25) is 0 Å². The monoisotopic (exact) mass is 252 g/mol. The van der Waals surface area contributed by atoms with Crippen LogP contribution in [0.4, 0.5) is 10.1 Å². The largest absolute Gasteiger partial charge is 0.399 e. The molecule has 0 aliphatic rings. The number of hydrogen-bond acceptors (Lipinski definition) is 3. The van der Waals surface area contributed by atoms with Crippen LogP contribution >= 0.6 is 0 Å². The Bertz CT molecular complexity index is 461. The Morgan fingerprint density at radius 2 is 2.28 bits per heavy atom. The molecule has 98 valence electrons. The van der Waals surface area contributed by atoms with Gasteiger partial charge in [-0.25, -0.2) is 4.39 Å². The molecule has 1 rings (SSSR count). The third-order valence-corrected chi connectivity index (χ3v) is 2.51. The van der Waals surface area contributed by atoms with Gasteiger partial charge in [0, 0.05) is 18.8 Å². The number of rotatable bonds is 5. The van der Waals surface area contributed by atoms with E-state index in [1.54, 1.807) is 6.92 Å². The number of halogens is 1. The number of aliphatic hydroxyl groups is 1. The van der Waals surface area contributed by atoms with Gasteiger partial charge in [-0.2, -0.15) is 0 Å². The fourth-order valence-corrected chi connectivity index (χ4v) is 1.68. The van der Waals surface area contributed by atoms with E-state index >= 15 is 0 Å². The lowest BCUT2D eigenvalue weighted by molar-refractivity contribution is 0.0738. The number of nitrogens with zero attached hydrogens (tertiary/aromatic N) is 1. The summed E-state index contributed by atoms with van der Waals surface area (Å²) < 4.78 is 13.9. The van der Waals surface area contributed by atoms with Crippen LogP contribution in [-0.4, -0.2) is 35.6 Å². The number of carbonyl (C=O) groups excluding carboxylic acids is 1. The van der Waals surface area contributed by atoms with E-state index in [-0.39, 0.29) is 25.3 Å². The second-order valence-corrected chi connectivity index (χ2v) is 3.96. The topological polar surface area (TPSA) is 66.6 Å². The van der Waals surface area contributed by atoms with Crippen molar-refractivity contribution < 1.29 is 14.3 Å². The van der Waals surface area contributed by atoms with E-state index in [1.165, 1.54) is 23.1 Å². The molecule has 5 heteroatoms. The minimum atomic E-state index is -0.582. The van der Waals surface area contributed by atoms with Gasteiger partial charge < -0.3 is 15.7 Å². The first-order chi connectivity index (χ1) is 8.51. The first kappa shape index (κ1) is 14.2. The molecule has 0 bridgehead atoms. The molecule has 3 N–H and O–H groups in total. The molecule has 0 aliphatic heterocycles.